The summed E-state index contributed by atoms with van der Waals surface area (Å²) in [5, 5.41) is 0. The summed E-state index contributed by atoms with van der Waals surface area (Å²) in [5.41, 5.74) is 8.85. The molecule has 94 valence electrons. The minimum Gasteiger partial charge on any atom is -0.398 e. The Morgan fingerprint density at radius 3 is 2.53 bits per heavy atom. The maximum Gasteiger partial charge on any atom is 0.233 e. The van der Waals surface area contributed by atoms with Gasteiger partial charge in [-0.2, -0.15) is 0 Å². The quantitative estimate of drug-likeness (QED) is 0.808. The molecule has 1 aromatic carbocycles. The Labute approximate surface area is 102 Å². The van der Waals surface area contributed by atoms with E-state index in [0.717, 1.165) is 24.0 Å². The van der Waals surface area contributed by atoms with Crippen LogP contribution in [0.4, 0.5) is 11.4 Å². The Morgan fingerprint density at radius 1 is 1.29 bits per heavy atom. The second-order valence-electron chi connectivity index (χ2n) is 4.85. The van der Waals surface area contributed by atoms with Gasteiger partial charge in [-0.25, -0.2) is 8.42 Å². The first kappa shape index (κ1) is 12.2. The van der Waals surface area contributed by atoms with Crippen LogP contribution in [0, 0.1) is 19.8 Å². The summed E-state index contributed by atoms with van der Waals surface area (Å²) in [6.07, 6.45) is 2.05. The van der Waals surface area contributed by atoms with Crippen LogP contribution < -0.4 is 10.5 Å². The zero-order valence-electron chi connectivity index (χ0n) is 10.2. The Morgan fingerprint density at radius 2 is 1.94 bits per heavy atom. The predicted octanol–water partition coefficient (Wildman–Crippen LogP) is 2.04. The van der Waals surface area contributed by atoms with Crippen LogP contribution in [-0.2, 0) is 10.0 Å². The first-order chi connectivity index (χ1) is 7.87. The molecule has 17 heavy (non-hydrogen) atoms. The van der Waals surface area contributed by atoms with Gasteiger partial charge in [-0.1, -0.05) is 6.07 Å². The molecule has 1 aliphatic rings. The van der Waals surface area contributed by atoms with Crippen LogP contribution in [-0.4, -0.2) is 14.2 Å². The molecular formula is C12H18N2O2S. The van der Waals surface area contributed by atoms with Gasteiger partial charge in [0.15, 0.2) is 0 Å². The molecule has 0 atom stereocenters. The number of nitrogens with one attached hydrogen (secondary N) is 1. The SMILES string of the molecule is Cc1cc(C)c(NS(=O)(=O)CC2CC2)cc1N. The fraction of sp³-hybridized carbons (Fsp3) is 0.500. The van der Waals surface area contributed by atoms with E-state index in [1.807, 2.05) is 19.9 Å². The molecule has 0 saturated heterocycles. The third-order valence-electron chi connectivity index (χ3n) is 3.03. The monoisotopic (exact) mass is 254 g/mol. The fourth-order valence-corrected chi connectivity index (χ4v) is 3.38. The lowest BCUT2D eigenvalue weighted by Crippen LogP contribution is -2.18. The Kier molecular flexibility index (Phi) is 3.03. The summed E-state index contributed by atoms with van der Waals surface area (Å²) in [7, 11) is -3.23. The molecule has 3 N–H and O–H groups in total. The Bertz CT molecular complexity index is 534. The number of benzene rings is 1. The van der Waals surface area contributed by atoms with Crippen molar-refractivity contribution in [2.75, 3.05) is 16.2 Å². The molecule has 1 fully saturated rings. The van der Waals surface area contributed by atoms with Crippen molar-refractivity contribution < 1.29 is 8.42 Å². The van der Waals surface area contributed by atoms with E-state index in [9.17, 15) is 8.42 Å². The summed E-state index contributed by atoms with van der Waals surface area (Å²) in [6.45, 7) is 3.78. The standard InChI is InChI=1S/C12H18N2O2S/c1-8-5-9(2)12(6-11(8)13)14-17(15,16)7-10-3-4-10/h5-6,10,14H,3-4,7,13H2,1-2H3. The highest BCUT2D eigenvalue weighted by Gasteiger charge is 2.28. The van der Waals surface area contributed by atoms with E-state index >= 15 is 0 Å². The zero-order valence-corrected chi connectivity index (χ0v) is 11.0. The third-order valence-corrected chi connectivity index (χ3v) is 4.47. The first-order valence-electron chi connectivity index (χ1n) is 5.74. The van der Waals surface area contributed by atoms with Gasteiger partial charge >= 0.3 is 0 Å². The topological polar surface area (TPSA) is 72.2 Å². The van der Waals surface area contributed by atoms with Gasteiger partial charge in [-0.05, 0) is 49.8 Å². The molecule has 0 unspecified atom stereocenters. The van der Waals surface area contributed by atoms with Crippen molar-refractivity contribution in [1.82, 2.24) is 0 Å². The maximum atomic E-state index is 11.8. The summed E-state index contributed by atoms with van der Waals surface area (Å²) in [4.78, 5) is 0. The van der Waals surface area contributed by atoms with Crippen LogP contribution in [0.25, 0.3) is 0 Å². The number of rotatable bonds is 4. The number of hydrogen-bond donors (Lipinski definition) is 2. The predicted molar refractivity (Wildman–Crippen MR) is 70.5 cm³/mol. The van der Waals surface area contributed by atoms with Crippen molar-refractivity contribution >= 4 is 21.4 Å². The highest BCUT2D eigenvalue weighted by Crippen LogP contribution is 2.31. The van der Waals surface area contributed by atoms with Crippen molar-refractivity contribution in [2.45, 2.75) is 26.7 Å². The second-order valence-corrected chi connectivity index (χ2v) is 6.62. The van der Waals surface area contributed by atoms with Crippen LogP contribution in [0.5, 0.6) is 0 Å². The van der Waals surface area contributed by atoms with Crippen molar-refractivity contribution in [3.8, 4) is 0 Å². The van der Waals surface area contributed by atoms with Gasteiger partial charge in [0.05, 0.1) is 11.4 Å². The van der Waals surface area contributed by atoms with E-state index in [1.165, 1.54) is 0 Å². The number of anilines is 2. The van der Waals surface area contributed by atoms with Gasteiger partial charge in [-0.15, -0.1) is 0 Å². The average Bonchev–Trinajstić information content (AvgIpc) is 2.96. The lowest BCUT2D eigenvalue weighted by Gasteiger charge is -2.12. The molecule has 2 rings (SSSR count). The van der Waals surface area contributed by atoms with Crippen LogP contribution in [0.3, 0.4) is 0 Å². The molecule has 5 heteroatoms. The van der Waals surface area contributed by atoms with Crippen molar-refractivity contribution in [3.05, 3.63) is 23.3 Å². The van der Waals surface area contributed by atoms with Crippen molar-refractivity contribution in [1.29, 1.82) is 0 Å². The molecule has 0 aliphatic heterocycles. The lowest BCUT2D eigenvalue weighted by molar-refractivity contribution is 0.597. The highest BCUT2D eigenvalue weighted by molar-refractivity contribution is 7.92. The van der Waals surface area contributed by atoms with E-state index < -0.39 is 10.0 Å². The van der Waals surface area contributed by atoms with Gasteiger partial charge in [0, 0.05) is 5.69 Å². The van der Waals surface area contributed by atoms with E-state index in [4.69, 9.17) is 5.73 Å². The molecule has 0 heterocycles. The largest absolute Gasteiger partial charge is 0.398 e. The third kappa shape index (κ3) is 3.12. The summed E-state index contributed by atoms with van der Waals surface area (Å²) < 4.78 is 26.3. The molecular weight excluding hydrogens is 236 g/mol. The minimum absolute atomic E-state index is 0.222. The van der Waals surface area contributed by atoms with E-state index in [1.54, 1.807) is 6.07 Å². The number of sulfonamides is 1. The smallest absolute Gasteiger partial charge is 0.233 e. The second kappa shape index (κ2) is 4.22. The van der Waals surface area contributed by atoms with Gasteiger partial charge < -0.3 is 5.73 Å². The zero-order chi connectivity index (χ0) is 12.6. The van der Waals surface area contributed by atoms with Gasteiger partial charge in [0.25, 0.3) is 0 Å². The first-order valence-corrected chi connectivity index (χ1v) is 7.40. The molecule has 1 saturated carbocycles. The van der Waals surface area contributed by atoms with Crippen LogP contribution in [0.15, 0.2) is 12.1 Å². The fourth-order valence-electron chi connectivity index (χ4n) is 1.78. The lowest BCUT2D eigenvalue weighted by atomic mass is 10.1. The average molecular weight is 254 g/mol. The van der Waals surface area contributed by atoms with Crippen LogP contribution in [0.1, 0.15) is 24.0 Å². The normalized spacial score (nSPS) is 15.9. The molecule has 0 radical (unpaired) electrons. The summed E-state index contributed by atoms with van der Waals surface area (Å²) in [5.74, 6) is 0.566. The molecule has 4 nitrogen and oxygen atoms in total. The number of hydrogen-bond acceptors (Lipinski definition) is 3. The molecule has 1 aliphatic carbocycles. The molecule has 0 amide bonds. The van der Waals surface area contributed by atoms with Gasteiger partial charge in [-0.3, -0.25) is 4.72 Å². The maximum absolute atomic E-state index is 11.8. The summed E-state index contributed by atoms with van der Waals surface area (Å²) in [6, 6.07) is 3.58. The Hall–Kier alpha value is -1.23. The Balaban J connectivity index is 2.20. The van der Waals surface area contributed by atoms with Crippen molar-refractivity contribution in [2.24, 2.45) is 5.92 Å². The highest BCUT2D eigenvalue weighted by atomic mass is 32.2. The van der Waals surface area contributed by atoms with Gasteiger partial charge in [0.1, 0.15) is 0 Å². The van der Waals surface area contributed by atoms with E-state index in [2.05, 4.69) is 4.72 Å². The number of aryl methyl sites for hydroxylation is 2. The minimum atomic E-state index is -3.23. The molecule has 0 spiro atoms. The van der Waals surface area contributed by atoms with Crippen molar-refractivity contribution in [3.63, 3.8) is 0 Å². The van der Waals surface area contributed by atoms with E-state index in [-0.39, 0.29) is 5.75 Å². The van der Waals surface area contributed by atoms with E-state index in [0.29, 0.717) is 17.3 Å². The summed E-state index contributed by atoms with van der Waals surface area (Å²) >= 11 is 0. The number of nitrogens with two attached hydrogens (primary N) is 1. The van der Waals surface area contributed by atoms with Crippen LogP contribution in [0.2, 0.25) is 0 Å². The molecule has 0 aromatic heterocycles. The van der Waals surface area contributed by atoms with Crippen LogP contribution >= 0.6 is 0 Å². The molecule has 0 bridgehead atoms. The van der Waals surface area contributed by atoms with Gasteiger partial charge in [0.2, 0.25) is 10.0 Å². The number of nitrogen functional groups attached to an aromatic ring is 1. The molecule has 1 aromatic rings.